The lowest BCUT2D eigenvalue weighted by atomic mass is 10.00. The molecule has 0 radical (unpaired) electrons. The Balaban J connectivity index is 0.00000274. The Bertz CT molecular complexity index is 1250. The molecular weight excluding hydrogens is 454 g/mol. The molecule has 174 valence electrons. The first-order chi connectivity index (χ1) is 16.1. The molecule has 0 bridgehead atoms. The van der Waals surface area contributed by atoms with Crippen molar-refractivity contribution in [3.8, 4) is 10.6 Å². The van der Waals surface area contributed by atoms with Crippen LogP contribution in [-0.4, -0.2) is 32.4 Å². The van der Waals surface area contributed by atoms with Crippen LogP contribution in [0.2, 0.25) is 0 Å². The molecule has 4 aromatic rings. The van der Waals surface area contributed by atoms with Gasteiger partial charge in [-0.15, -0.1) is 22.7 Å². The third-order valence-electron chi connectivity index (χ3n) is 5.85. The molecule has 0 unspecified atom stereocenters. The number of nitrogens with one attached hydrogen (secondary N) is 1. The van der Waals surface area contributed by atoms with Crippen LogP contribution < -0.4 is 5.32 Å². The molecule has 5 heterocycles. The smallest absolute Gasteiger partial charge is 0.229 e. The zero-order valence-electron chi connectivity index (χ0n) is 18.9. The van der Waals surface area contributed by atoms with Crippen molar-refractivity contribution in [2.45, 2.75) is 64.8 Å². The number of hydrogen-bond donors (Lipinski definition) is 1. The van der Waals surface area contributed by atoms with E-state index in [1.54, 1.807) is 28.9 Å². The second-order valence-electron chi connectivity index (χ2n) is 8.72. The van der Waals surface area contributed by atoms with E-state index in [9.17, 15) is 4.79 Å². The summed E-state index contributed by atoms with van der Waals surface area (Å²) in [4.78, 5) is 28.9. The number of aromatic nitrogens is 4. The lowest BCUT2D eigenvalue weighted by molar-refractivity contribution is -0.118. The van der Waals surface area contributed by atoms with Gasteiger partial charge in [-0.3, -0.25) is 9.78 Å². The summed E-state index contributed by atoms with van der Waals surface area (Å²) in [6.45, 7) is 5.91. The van der Waals surface area contributed by atoms with E-state index >= 15 is 0 Å². The summed E-state index contributed by atoms with van der Waals surface area (Å²) in [5, 5.41) is 8.51. The van der Waals surface area contributed by atoms with Crippen LogP contribution in [0.5, 0.6) is 0 Å². The third-order valence-corrected chi connectivity index (χ3v) is 8.13. The monoisotopic (exact) mass is 483 g/mol. The number of fused-ring (bicyclic) bond motifs is 2. The maximum atomic E-state index is 12.9. The first-order valence-corrected chi connectivity index (χ1v) is 13.1. The second kappa shape index (κ2) is 9.79. The second-order valence-corrected chi connectivity index (χ2v) is 10.9. The van der Waals surface area contributed by atoms with Gasteiger partial charge in [-0.25, -0.2) is 4.98 Å². The van der Waals surface area contributed by atoms with E-state index in [1.807, 2.05) is 26.1 Å². The van der Waals surface area contributed by atoms with Crippen molar-refractivity contribution in [3.05, 3.63) is 45.5 Å². The molecular formula is C24H29N5O2S2. The number of aryl methyl sites for hydroxylation is 1. The van der Waals surface area contributed by atoms with Gasteiger partial charge in [0.2, 0.25) is 5.89 Å². The average Bonchev–Trinajstić information content (AvgIpc) is 3.52. The number of thiophene rings is 1. The topological polar surface area (TPSA) is 93.8 Å². The highest BCUT2D eigenvalue weighted by molar-refractivity contribution is 7.22. The van der Waals surface area contributed by atoms with Gasteiger partial charge in [-0.05, 0) is 37.4 Å². The standard InChI is InChI=1S/C24H27N5O2S2.H2/c1-14(2)23-28-21(29-31-23)6-4-3-5-15(30)11-19-22(16-7-9-26-13-20(16)32-19)24-27-17-12-25-10-8-18(17)33-24;/h8,10,12,14,26H,3-7,9,11,13H2,1-2H3;1H. The molecule has 5 rings (SSSR count). The Hall–Kier alpha value is -2.49. The number of rotatable bonds is 9. The predicted molar refractivity (Wildman–Crippen MR) is 133 cm³/mol. The molecule has 0 fully saturated rings. The van der Waals surface area contributed by atoms with E-state index in [0.717, 1.165) is 64.7 Å². The van der Waals surface area contributed by atoms with Gasteiger partial charge in [-0.2, -0.15) is 4.98 Å². The van der Waals surface area contributed by atoms with Gasteiger partial charge in [0.15, 0.2) is 5.82 Å². The maximum absolute atomic E-state index is 12.9. The summed E-state index contributed by atoms with van der Waals surface area (Å²) < 4.78 is 6.39. The Labute approximate surface area is 202 Å². The van der Waals surface area contributed by atoms with Crippen LogP contribution >= 0.6 is 22.7 Å². The normalized spacial score (nSPS) is 13.7. The molecule has 0 aromatic carbocycles. The molecule has 9 heteroatoms. The minimum absolute atomic E-state index is 0. The van der Waals surface area contributed by atoms with Gasteiger partial charge in [0.25, 0.3) is 0 Å². The Morgan fingerprint density at radius 2 is 2.18 bits per heavy atom. The van der Waals surface area contributed by atoms with Crippen molar-refractivity contribution in [2.75, 3.05) is 6.54 Å². The molecule has 1 aliphatic heterocycles. The molecule has 4 aromatic heterocycles. The molecule has 0 saturated carbocycles. The van der Waals surface area contributed by atoms with Gasteiger partial charge >= 0.3 is 0 Å². The number of hydrogen-bond acceptors (Lipinski definition) is 9. The fourth-order valence-electron chi connectivity index (χ4n) is 4.13. The van der Waals surface area contributed by atoms with Crippen molar-refractivity contribution < 1.29 is 10.7 Å². The Kier molecular flexibility index (Phi) is 6.62. The third kappa shape index (κ3) is 4.90. The molecule has 1 N–H and O–H groups in total. The van der Waals surface area contributed by atoms with Gasteiger partial charge in [0.1, 0.15) is 16.3 Å². The number of unbranched alkanes of at least 4 members (excludes halogenated alkanes) is 1. The largest absolute Gasteiger partial charge is 0.339 e. The van der Waals surface area contributed by atoms with Crippen molar-refractivity contribution in [1.82, 2.24) is 25.4 Å². The minimum atomic E-state index is 0. The zero-order chi connectivity index (χ0) is 22.8. The molecule has 1 aliphatic rings. The van der Waals surface area contributed by atoms with Gasteiger partial charge in [-0.1, -0.05) is 19.0 Å². The minimum Gasteiger partial charge on any atom is -0.339 e. The lowest BCUT2D eigenvalue weighted by Gasteiger charge is -2.13. The predicted octanol–water partition coefficient (Wildman–Crippen LogP) is 5.34. The zero-order valence-corrected chi connectivity index (χ0v) is 20.5. The molecule has 0 spiro atoms. The summed E-state index contributed by atoms with van der Waals surface area (Å²) in [5.74, 6) is 1.93. The lowest BCUT2D eigenvalue weighted by Crippen LogP contribution is -2.22. The highest BCUT2D eigenvalue weighted by Crippen LogP contribution is 2.41. The van der Waals surface area contributed by atoms with E-state index in [4.69, 9.17) is 9.51 Å². The van der Waals surface area contributed by atoms with Crippen LogP contribution in [0.1, 0.15) is 67.5 Å². The van der Waals surface area contributed by atoms with Crippen LogP contribution in [0.4, 0.5) is 0 Å². The fraction of sp³-hybridized carbons (Fsp3) is 0.458. The van der Waals surface area contributed by atoms with Gasteiger partial charge in [0, 0.05) is 54.7 Å². The van der Waals surface area contributed by atoms with Crippen molar-refractivity contribution in [3.63, 3.8) is 0 Å². The number of thiazole rings is 1. The maximum Gasteiger partial charge on any atom is 0.229 e. The fourth-order valence-corrected chi connectivity index (χ4v) is 6.58. The van der Waals surface area contributed by atoms with Crippen LogP contribution in [0, 0.1) is 0 Å². The summed E-state index contributed by atoms with van der Waals surface area (Å²) in [7, 11) is 0. The number of pyridine rings is 1. The molecule has 0 aliphatic carbocycles. The highest BCUT2D eigenvalue weighted by atomic mass is 32.1. The molecule has 7 nitrogen and oxygen atoms in total. The van der Waals surface area contributed by atoms with Crippen LogP contribution in [0.3, 0.4) is 0 Å². The van der Waals surface area contributed by atoms with E-state index in [0.29, 0.717) is 18.7 Å². The highest BCUT2D eigenvalue weighted by Gasteiger charge is 2.25. The SMILES string of the molecule is CC(C)c1nc(CCCCC(=O)Cc2sc3c(c2-c2nc4cnccc4s2)CCNC3)no1.[HH]. The number of ketones is 1. The number of carbonyl (C=O) groups excluding carboxylic acids is 1. The van der Waals surface area contributed by atoms with Gasteiger partial charge < -0.3 is 9.84 Å². The van der Waals surface area contributed by atoms with Crippen LogP contribution in [0.25, 0.3) is 20.8 Å². The van der Waals surface area contributed by atoms with E-state index < -0.39 is 0 Å². The van der Waals surface area contributed by atoms with Crippen molar-refractivity contribution >= 4 is 38.7 Å². The van der Waals surface area contributed by atoms with E-state index in [2.05, 4.69) is 20.4 Å². The van der Waals surface area contributed by atoms with Crippen molar-refractivity contribution in [1.29, 1.82) is 0 Å². The Morgan fingerprint density at radius 1 is 1.27 bits per heavy atom. The number of nitrogens with zero attached hydrogens (tertiary/aromatic N) is 4. The summed E-state index contributed by atoms with van der Waals surface area (Å²) in [6, 6.07) is 2.01. The summed E-state index contributed by atoms with van der Waals surface area (Å²) in [5.41, 5.74) is 3.48. The molecule has 0 atom stereocenters. The van der Waals surface area contributed by atoms with Crippen LogP contribution in [0.15, 0.2) is 23.0 Å². The molecule has 33 heavy (non-hydrogen) atoms. The summed E-state index contributed by atoms with van der Waals surface area (Å²) >= 11 is 3.46. The van der Waals surface area contributed by atoms with Crippen LogP contribution in [-0.2, 0) is 30.6 Å². The quantitative estimate of drug-likeness (QED) is 0.321. The average molecular weight is 484 g/mol. The summed E-state index contributed by atoms with van der Waals surface area (Å²) in [6.07, 6.45) is 8.10. The molecule has 0 saturated heterocycles. The van der Waals surface area contributed by atoms with Crippen molar-refractivity contribution in [2.24, 2.45) is 0 Å². The van der Waals surface area contributed by atoms with E-state index in [1.165, 1.54) is 16.0 Å². The molecule has 0 amide bonds. The van der Waals surface area contributed by atoms with Gasteiger partial charge in [0.05, 0.1) is 10.9 Å². The first kappa shape index (κ1) is 22.3. The van der Waals surface area contributed by atoms with E-state index in [-0.39, 0.29) is 13.1 Å². The number of carbonyl (C=O) groups is 1. The number of Topliss-reactive ketones (excluding diaryl/α,β-unsaturated/α-hetero) is 1. The first-order valence-electron chi connectivity index (χ1n) is 11.5. The Morgan fingerprint density at radius 3 is 3.00 bits per heavy atom.